The number of hydrogen-bond acceptors (Lipinski definition) is 6. The summed E-state index contributed by atoms with van der Waals surface area (Å²) >= 11 is 0. The molecule has 1 unspecified atom stereocenters. The summed E-state index contributed by atoms with van der Waals surface area (Å²) in [5.41, 5.74) is 12.4. The molecule has 0 spiro atoms. The van der Waals surface area contributed by atoms with Crippen LogP contribution in [0.3, 0.4) is 0 Å². The fourth-order valence-corrected chi connectivity index (χ4v) is 4.09. The van der Waals surface area contributed by atoms with Gasteiger partial charge < -0.3 is 31.4 Å². The summed E-state index contributed by atoms with van der Waals surface area (Å²) in [5.74, 6) is -3.39. The van der Waals surface area contributed by atoms with E-state index in [0.717, 1.165) is 23.9 Å². The third-order valence-electron chi connectivity index (χ3n) is 5.49. The highest BCUT2D eigenvalue weighted by atomic mass is 16.4. The molecule has 6 N–H and O–H groups in total. The molecular formula is C23H31BN4O7. The number of hydrogen-bond donors (Lipinski definition) is 4. The number of nitrogens with two attached hydrogens (primary N) is 2. The molecule has 3 amide bonds. The maximum Gasteiger partial charge on any atom is 0.405 e. The monoisotopic (exact) mass is 486 g/mol. The van der Waals surface area contributed by atoms with Gasteiger partial charge >= 0.3 is 13.0 Å². The van der Waals surface area contributed by atoms with E-state index in [1.807, 2.05) is 43.3 Å². The summed E-state index contributed by atoms with van der Waals surface area (Å²) in [5, 5.41) is 16.5. The average molecular weight is 486 g/mol. The molecule has 0 radical (unpaired) electrons. The molecule has 3 rings (SSSR count). The van der Waals surface area contributed by atoms with Crippen molar-refractivity contribution in [2.75, 3.05) is 0 Å². The second-order valence-corrected chi connectivity index (χ2v) is 7.86. The number of carboxylic acids is 2. The smallest absolute Gasteiger partial charge is 0.405 e. The largest absolute Gasteiger partial charge is 0.481 e. The van der Waals surface area contributed by atoms with Gasteiger partial charge in [0.2, 0.25) is 18.2 Å². The van der Waals surface area contributed by atoms with Crippen LogP contribution in [0.4, 0.5) is 0 Å². The summed E-state index contributed by atoms with van der Waals surface area (Å²) < 4.78 is 0. The Morgan fingerprint density at radius 3 is 2.26 bits per heavy atom. The number of rotatable bonds is 8. The highest BCUT2D eigenvalue weighted by Crippen LogP contribution is 2.38. The van der Waals surface area contributed by atoms with E-state index in [4.69, 9.17) is 30.4 Å². The number of carbonyl (C=O) groups excluding carboxylic acids is 3. The number of nitrogens with zero attached hydrogens (tertiary/aromatic N) is 2. The fraction of sp³-hybridized carbons (Fsp3) is 0.391. The van der Waals surface area contributed by atoms with E-state index in [1.165, 1.54) is 0 Å². The van der Waals surface area contributed by atoms with Gasteiger partial charge in [0.05, 0.1) is 5.71 Å². The van der Waals surface area contributed by atoms with Gasteiger partial charge in [0, 0.05) is 31.4 Å². The standard InChI is InChI=1S/C20H24BN3O4.C2H4O2.CH3NO/c1-2-16(15(20(22)28)9-11-19(26)27)21-23-17(13-6-4-3-5-7-13)12-14-8-10-18(25)24(14)21;1-2(3)4;2-1-3/h3-7,12,15-16H,2,8-11H2,1H3,(H2,22,28)(H,26,27);1H3,(H,3,4);1H,(H2,2,3)/t15-,16?;;/m1../s1. The average Bonchev–Trinajstić information content (AvgIpc) is 3.17. The van der Waals surface area contributed by atoms with E-state index in [0.29, 0.717) is 19.3 Å². The van der Waals surface area contributed by atoms with Gasteiger partial charge in [-0.05, 0) is 30.3 Å². The molecule has 11 nitrogen and oxygen atoms in total. The molecule has 0 bridgehead atoms. The molecule has 0 aromatic heterocycles. The molecule has 188 valence electrons. The van der Waals surface area contributed by atoms with Crippen LogP contribution in [0.2, 0.25) is 5.82 Å². The molecule has 12 heteroatoms. The topological polar surface area (TPSA) is 193 Å². The van der Waals surface area contributed by atoms with Crippen molar-refractivity contribution in [3.05, 3.63) is 47.7 Å². The molecule has 0 saturated carbocycles. The Balaban J connectivity index is 0.000000778. The zero-order valence-electron chi connectivity index (χ0n) is 19.8. The summed E-state index contributed by atoms with van der Waals surface area (Å²) in [7, 11) is 0. The molecule has 1 fully saturated rings. The van der Waals surface area contributed by atoms with Crippen LogP contribution in [-0.2, 0) is 24.0 Å². The molecular weight excluding hydrogens is 455 g/mol. The van der Waals surface area contributed by atoms with E-state index in [-0.39, 0.29) is 31.0 Å². The van der Waals surface area contributed by atoms with Gasteiger partial charge in [-0.3, -0.25) is 24.0 Å². The summed E-state index contributed by atoms with van der Waals surface area (Å²) in [6.45, 7) is 2.44. The Kier molecular flexibility index (Phi) is 11.9. The number of carboxylic acid groups (broad SMARTS) is 2. The van der Waals surface area contributed by atoms with Crippen molar-refractivity contribution in [1.29, 1.82) is 0 Å². The van der Waals surface area contributed by atoms with Crippen LogP contribution in [0.1, 0.15) is 51.5 Å². The third kappa shape index (κ3) is 8.72. The fourth-order valence-electron chi connectivity index (χ4n) is 4.09. The molecule has 2 heterocycles. The summed E-state index contributed by atoms with van der Waals surface area (Å²) in [6, 6.07) is 9.68. The lowest BCUT2D eigenvalue weighted by atomic mass is 9.53. The third-order valence-corrected chi connectivity index (χ3v) is 5.49. The lowest BCUT2D eigenvalue weighted by molar-refractivity contribution is -0.138. The number of carbonyl (C=O) groups is 5. The summed E-state index contributed by atoms with van der Waals surface area (Å²) in [6.07, 6.45) is 3.76. The Hall–Kier alpha value is -3.96. The number of primary amides is 2. The number of allylic oxidation sites excluding steroid dienone is 2. The SMILES string of the molecule is CC(=O)O.CCC(B1N=C(c2ccccc2)C=C2CCC(=O)N12)[C@@H](CCC(=O)O)C(N)=O.NC=O. The van der Waals surface area contributed by atoms with Crippen LogP contribution < -0.4 is 11.5 Å². The first-order chi connectivity index (χ1) is 16.6. The van der Waals surface area contributed by atoms with Crippen molar-refractivity contribution in [3.8, 4) is 0 Å². The first kappa shape index (κ1) is 29.1. The quantitative estimate of drug-likeness (QED) is 0.315. The first-order valence-electron chi connectivity index (χ1n) is 11.1. The number of fused-ring (bicyclic) bond motifs is 1. The van der Waals surface area contributed by atoms with E-state index >= 15 is 0 Å². The van der Waals surface area contributed by atoms with Crippen LogP contribution >= 0.6 is 0 Å². The normalized spacial score (nSPS) is 15.7. The molecule has 0 aliphatic carbocycles. The molecule has 2 aliphatic heterocycles. The van der Waals surface area contributed by atoms with Gasteiger partial charge in [0.25, 0.3) is 5.97 Å². The van der Waals surface area contributed by atoms with Crippen molar-refractivity contribution in [3.63, 3.8) is 0 Å². The minimum Gasteiger partial charge on any atom is -0.481 e. The van der Waals surface area contributed by atoms with Gasteiger partial charge in [-0.15, -0.1) is 0 Å². The van der Waals surface area contributed by atoms with E-state index < -0.39 is 30.7 Å². The zero-order chi connectivity index (χ0) is 26.5. The Morgan fingerprint density at radius 2 is 1.77 bits per heavy atom. The van der Waals surface area contributed by atoms with Crippen molar-refractivity contribution < 1.29 is 34.2 Å². The number of aliphatic carboxylic acids is 2. The van der Waals surface area contributed by atoms with Crippen molar-refractivity contribution in [2.45, 2.75) is 51.8 Å². The highest BCUT2D eigenvalue weighted by Gasteiger charge is 2.46. The van der Waals surface area contributed by atoms with Crippen LogP contribution in [0, 0.1) is 5.92 Å². The predicted molar refractivity (Wildman–Crippen MR) is 130 cm³/mol. The first-order valence-corrected chi connectivity index (χ1v) is 11.1. The number of amides is 3. The minimum absolute atomic E-state index is 0.0213. The molecule has 35 heavy (non-hydrogen) atoms. The molecule has 1 saturated heterocycles. The predicted octanol–water partition coefficient (Wildman–Crippen LogP) is 1.42. The minimum atomic E-state index is -0.976. The summed E-state index contributed by atoms with van der Waals surface area (Å²) in [4.78, 5) is 59.8. The Morgan fingerprint density at radius 1 is 1.20 bits per heavy atom. The zero-order valence-corrected chi connectivity index (χ0v) is 19.8. The van der Waals surface area contributed by atoms with Crippen LogP contribution in [0.15, 0.2) is 47.0 Å². The second-order valence-electron chi connectivity index (χ2n) is 7.86. The Labute approximate surface area is 204 Å². The highest BCUT2D eigenvalue weighted by molar-refractivity contribution is 6.62. The lowest BCUT2D eigenvalue weighted by Gasteiger charge is -2.35. The molecule has 2 aliphatic rings. The molecule has 1 aromatic rings. The van der Waals surface area contributed by atoms with E-state index in [1.54, 1.807) is 4.81 Å². The van der Waals surface area contributed by atoms with Crippen molar-refractivity contribution >= 4 is 42.9 Å². The Bertz CT molecular complexity index is 977. The van der Waals surface area contributed by atoms with Crippen molar-refractivity contribution in [1.82, 2.24) is 4.81 Å². The van der Waals surface area contributed by atoms with Gasteiger partial charge in [0.1, 0.15) is 0 Å². The van der Waals surface area contributed by atoms with E-state index in [9.17, 15) is 14.4 Å². The van der Waals surface area contributed by atoms with Gasteiger partial charge in [-0.25, -0.2) is 0 Å². The van der Waals surface area contributed by atoms with Gasteiger partial charge in [-0.1, -0.05) is 43.7 Å². The lowest BCUT2D eigenvalue weighted by Crippen LogP contribution is -2.48. The van der Waals surface area contributed by atoms with Gasteiger partial charge in [0.15, 0.2) is 0 Å². The number of benzene rings is 1. The van der Waals surface area contributed by atoms with Crippen LogP contribution in [0.25, 0.3) is 0 Å². The van der Waals surface area contributed by atoms with Crippen LogP contribution in [-0.4, -0.2) is 57.9 Å². The molecule has 1 aromatic carbocycles. The second kappa shape index (κ2) is 14.3. The molecule has 2 atom stereocenters. The van der Waals surface area contributed by atoms with Crippen molar-refractivity contribution in [2.24, 2.45) is 22.3 Å². The maximum atomic E-state index is 12.5. The van der Waals surface area contributed by atoms with Gasteiger partial charge in [-0.2, -0.15) is 0 Å². The van der Waals surface area contributed by atoms with E-state index in [2.05, 4.69) is 5.73 Å². The maximum absolute atomic E-state index is 12.5. The van der Waals surface area contributed by atoms with Crippen LogP contribution in [0.5, 0.6) is 0 Å².